The van der Waals surface area contributed by atoms with Gasteiger partial charge in [0.25, 0.3) is 0 Å². The van der Waals surface area contributed by atoms with Gasteiger partial charge in [-0.2, -0.15) is 0 Å². The Morgan fingerprint density at radius 3 is 2.12 bits per heavy atom. The van der Waals surface area contributed by atoms with E-state index in [-0.39, 0.29) is 39.7 Å². The zero-order chi connectivity index (χ0) is 23.4. The van der Waals surface area contributed by atoms with Crippen LogP contribution in [-0.4, -0.2) is 33.0 Å². The molecule has 0 aliphatic rings. The molecular formula is C23H17FO8. The summed E-state index contributed by atoms with van der Waals surface area (Å²) in [6.07, 6.45) is -0.401. The van der Waals surface area contributed by atoms with Crippen molar-refractivity contribution in [2.45, 2.75) is 13.3 Å². The van der Waals surface area contributed by atoms with Crippen molar-refractivity contribution < 1.29 is 43.6 Å². The molecule has 0 aliphatic heterocycles. The average Bonchev–Trinajstić information content (AvgIpc) is 2.68. The Balaban J connectivity index is 1.88. The number of ether oxygens (including phenoxy) is 2. The van der Waals surface area contributed by atoms with E-state index in [1.807, 2.05) is 0 Å². The van der Waals surface area contributed by atoms with Gasteiger partial charge in [0.2, 0.25) is 0 Å². The van der Waals surface area contributed by atoms with Crippen molar-refractivity contribution >= 4 is 17.7 Å². The van der Waals surface area contributed by atoms with Gasteiger partial charge in [-0.1, -0.05) is 12.1 Å². The SMILES string of the molecule is CC(=O)Oc1cc(O)cc(C(=O)Oc2c(F)cccc2CC(=O)c2cc(O)cc(O)c2)c1. The largest absolute Gasteiger partial charge is 0.508 e. The van der Waals surface area contributed by atoms with Gasteiger partial charge in [-0.25, -0.2) is 9.18 Å². The van der Waals surface area contributed by atoms with Crippen LogP contribution in [0, 0.1) is 5.82 Å². The van der Waals surface area contributed by atoms with Crippen LogP contribution in [0.25, 0.3) is 0 Å². The van der Waals surface area contributed by atoms with E-state index >= 15 is 0 Å². The average molecular weight is 440 g/mol. The zero-order valence-electron chi connectivity index (χ0n) is 16.7. The van der Waals surface area contributed by atoms with Gasteiger partial charge in [0.1, 0.15) is 23.0 Å². The summed E-state index contributed by atoms with van der Waals surface area (Å²) in [6, 6.07) is 10.3. The molecule has 0 unspecified atom stereocenters. The molecule has 0 radical (unpaired) electrons. The highest BCUT2D eigenvalue weighted by Crippen LogP contribution is 2.28. The molecule has 0 bridgehead atoms. The molecule has 0 atom stereocenters. The minimum Gasteiger partial charge on any atom is -0.508 e. The first-order chi connectivity index (χ1) is 15.1. The monoisotopic (exact) mass is 440 g/mol. The molecule has 0 fully saturated rings. The second kappa shape index (κ2) is 9.17. The highest BCUT2D eigenvalue weighted by molar-refractivity contribution is 5.99. The first kappa shape index (κ1) is 22.3. The molecule has 9 heteroatoms. The van der Waals surface area contributed by atoms with Gasteiger partial charge in [0, 0.05) is 36.6 Å². The van der Waals surface area contributed by atoms with Crippen LogP contribution in [0.4, 0.5) is 4.39 Å². The van der Waals surface area contributed by atoms with Gasteiger partial charge in [-0.15, -0.1) is 0 Å². The van der Waals surface area contributed by atoms with E-state index in [0.717, 1.165) is 49.4 Å². The summed E-state index contributed by atoms with van der Waals surface area (Å²) < 4.78 is 24.4. The fourth-order valence-electron chi connectivity index (χ4n) is 2.92. The summed E-state index contributed by atoms with van der Waals surface area (Å²) in [5, 5.41) is 28.9. The van der Waals surface area contributed by atoms with Gasteiger partial charge in [-0.05, 0) is 30.3 Å². The third-order valence-electron chi connectivity index (χ3n) is 4.21. The van der Waals surface area contributed by atoms with Crippen molar-refractivity contribution in [1.29, 1.82) is 0 Å². The zero-order valence-corrected chi connectivity index (χ0v) is 16.7. The van der Waals surface area contributed by atoms with E-state index in [4.69, 9.17) is 9.47 Å². The van der Waals surface area contributed by atoms with E-state index in [1.54, 1.807) is 0 Å². The molecule has 0 spiro atoms. The molecule has 164 valence electrons. The number of para-hydroxylation sites is 1. The molecule has 0 aliphatic carbocycles. The molecular weight excluding hydrogens is 423 g/mol. The quantitative estimate of drug-likeness (QED) is 0.302. The number of ketones is 1. The van der Waals surface area contributed by atoms with Crippen LogP contribution in [0.2, 0.25) is 0 Å². The van der Waals surface area contributed by atoms with Crippen molar-refractivity contribution in [2.75, 3.05) is 0 Å². The number of Topliss-reactive ketones (excluding diaryl/α,β-unsaturated/α-hetero) is 1. The normalized spacial score (nSPS) is 10.4. The number of halogens is 1. The second-order valence-corrected chi connectivity index (χ2v) is 6.76. The van der Waals surface area contributed by atoms with E-state index in [0.29, 0.717) is 0 Å². The van der Waals surface area contributed by atoms with Crippen LogP contribution in [0.5, 0.6) is 28.7 Å². The number of phenolic OH excluding ortho intramolecular Hbond substituents is 3. The van der Waals surface area contributed by atoms with Gasteiger partial charge in [0.05, 0.1) is 5.56 Å². The van der Waals surface area contributed by atoms with Gasteiger partial charge < -0.3 is 24.8 Å². The molecule has 0 heterocycles. The Kier molecular flexibility index (Phi) is 6.39. The molecule has 3 aromatic carbocycles. The van der Waals surface area contributed by atoms with Crippen molar-refractivity contribution in [3.05, 3.63) is 77.1 Å². The highest BCUT2D eigenvalue weighted by atomic mass is 19.1. The number of benzene rings is 3. The molecule has 32 heavy (non-hydrogen) atoms. The van der Waals surface area contributed by atoms with Gasteiger partial charge >= 0.3 is 11.9 Å². The smallest absolute Gasteiger partial charge is 0.343 e. The fourth-order valence-corrected chi connectivity index (χ4v) is 2.92. The molecule has 0 saturated carbocycles. The Hall–Kier alpha value is -4.40. The summed E-state index contributed by atoms with van der Waals surface area (Å²) in [4.78, 5) is 36.2. The maximum Gasteiger partial charge on any atom is 0.343 e. The predicted molar refractivity (Wildman–Crippen MR) is 109 cm³/mol. The maximum atomic E-state index is 14.5. The standard InChI is InChI=1S/C23H17FO8/c1-12(25)31-19-8-15(7-18(28)11-19)23(30)32-22-13(3-2-4-20(22)24)9-21(29)14-5-16(26)10-17(27)6-14/h2-8,10-11,26-28H,9H2,1H3. The van der Waals surface area contributed by atoms with Crippen LogP contribution in [0.3, 0.4) is 0 Å². The van der Waals surface area contributed by atoms with E-state index < -0.39 is 35.7 Å². The lowest BCUT2D eigenvalue weighted by Gasteiger charge is -2.12. The maximum absolute atomic E-state index is 14.5. The lowest BCUT2D eigenvalue weighted by atomic mass is 10.0. The second-order valence-electron chi connectivity index (χ2n) is 6.76. The van der Waals surface area contributed by atoms with Crippen molar-refractivity contribution in [3.63, 3.8) is 0 Å². The summed E-state index contributed by atoms with van der Waals surface area (Å²) in [5.74, 6) is -4.89. The Morgan fingerprint density at radius 1 is 0.844 bits per heavy atom. The number of phenols is 3. The van der Waals surface area contributed by atoms with Crippen molar-refractivity contribution in [1.82, 2.24) is 0 Å². The van der Waals surface area contributed by atoms with Crippen molar-refractivity contribution in [2.24, 2.45) is 0 Å². The Bertz CT molecular complexity index is 1200. The topological polar surface area (TPSA) is 130 Å². The lowest BCUT2D eigenvalue weighted by molar-refractivity contribution is -0.131. The molecule has 3 rings (SSSR count). The Labute approximate surface area is 181 Å². The summed E-state index contributed by atoms with van der Waals surface area (Å²) in [6.45, 7) is 1.14. The van der Waals surface area contributed by atoms with Gasteiger partial charge in [0.15, 0.2) is 17.3 Å². The van der Waals surface area contributed by atoms with Crippen LogP contribution in [0.15, 0.2) is 54.6 Å². The molecule has 3 N–H and O–H groups in total. The third-order valence-corrected chi connectivity index (χ3v) is 4.21. The number of carbonyl (C=O) groups is 3. The molecule has 0 aromatic heterocycles. The molecule has 8 nitrogen and oxygen atoms in total. The van der Waals surface area contributed by atoms with E-state index in [9.17, 15) is 34.1 Å². The first-order valence-electron chi connectivity index (χ1n) is 9.20. The number of hydrogen-bond donors (Lipinski definition) is 3. The van der Waals surface area contributed by atoms with Crippen LogP contribution in [0.1, 0.15) is 33.2 Å². The lowest BCUT2D eigenvalue weighted by Crippen LogP contribution is -2.13. The number of esters is 2. The van der Waals surface area contributed by atoms with Crippen molar-refractivity contribution in [3.8, 4) is 28.7 Å². The van der Waals surface area contributed by atoms with E-state index in [2.05, 4.69) is 0 Å². The fraction of sp³-hybridized carbons (Fsp3) is 0.0870. The van der Waals surface area contributed by atoms with Crippen LogP contribution < -0.4 is 9.47 Å². The minimum atomic E-state index is -1.07. The summed E-state index contributed by atoms with van der Waals surface area (Å²) in [7, 11) is 0. The number of aromatic hydroxyl groups is 3. The molecule has 0 amide bonds. The first-order valence-corrected chi connectivity index (χ1v) is 9.20. The van der Waals surface area contributed by atoms with Crippen LogP contribution >= 0.6 is 0 Å². The number of carbonyl (C=O) groups excluding carboxylic acids is 3. The van der Waals surface area contributed by atoms with Crippen LogP contribution in [-0.2, 0) is 11.2 Å². The Morgan fingerprint density at radius 2 is 1.47 bits per heavy atom. The molecule has 0 saturated heterocycles. The minimum absolute atomic E-state index is 0.0250. The summed E-state index contributed by atoms with van der Waals surface area (Å²) >= 11 is 0. The van der Waals surface area contributed by atoms with Gasteiger partial charge in [-0.3, -0.25) is 9.59 Å². The third kappa shape index (κ3) is 5.39. The highest BCUT2D eigenvalue weighted by Gasteiger charge is 2.20. The number of hydrogen-bond acceptors (Lipinski definition) is 8. The number of rotatable bonds is 6. The predicted octanol–water partition coefficient (Wildman–Crippen LogP) is 3.51. The molecule has 3 aromatic rings. The summed E-state index contributed by atoms with van der Waals surface area (Å²) in [5.41, 5.74) is -0.214. The van der Waals surface area contributed by atoms with E-state index in [1.165, 1.54) is 12.1 Å².